The van der Waals surface area contributed by atoms with Crippen LogP contribution in [0.15, 0.2) is 84.0 Å². The van der Waals surface area contributed by atoms with Crippen molar-refractivity contribution in [3.63, 3.8) is 0 Å². The molecular weight excluding hydrogens is 608 g/mol. The molecule has 13 rings (SSSR count). The molecule has 0 N–H and O–H groups in total. The Balaban J connectivity index is 1.02. The van der Waals surface area contributed by atoms with Gasteiger partial charge < -0.3 is 14.5 Å². The molecule has 9 aliphatic heterocycles. The van der Waals surface area contributed by atoms with Gasteiger partial charge in [-0.25, -0.2) is 0 Å². The van der Waals surface area contributed by atoms with Gasteiger partial charge in [0.05, 0.1) is 30.7 Å². The molecular formula is C42H42N4O3. The molecule has 2 aliphatic carbocycles. The standard InChI is InChI=1S/C42H42N4O3/c1-2-22-21-44-31(19-42-28-8-4-5-9-29(28)45-34(47)12-11-24(38(42)45)25(22)17-33(42)44)36-37-35-26-18-32-41(14-15-43(32)20-23(26)13-16-49-37)27-7-3-6-10-30(27)46(39(35)41)40(36)48/h2-13,24-26,31-33,35-39H,14-21H2,1H3. The van der Waals surface area contributed by atoms with E-state index in [1.54, 1.807) is 5.57 Å². The zero-order valence-electron chi connectivity index (χ0n) is 27.9. The van der Waals surface area contributed by atoms with Gasteiger partial charge in [0, 0.05) is 65.3 Å². The lowest BCUT2D eigenvalue weighted by Gasteiger charge is -2.61. The summed E-state index contributed by atoms with van der Waals surface area (Å²) in [5.41, 5.74) is 7.85. The second-order valence-electron chi connectivity index (χ2n) is 17.3. The van der Waals surface area contributed by atoms with Crippen LogP contribution in [-0.4, -0.2) is 84.2 Å². The average molecular weight is 651 g/mol. The maximum atomic E-state index is 15.8. The van der Waals surface area contributed by atoms with Crippen molar-refractivity contribution in [3.8, 4) is 0 Å². The van der Waals surface area contributed by atoms with Crippen LogP contribution in [0.3, 0.4) is 0 Å². The number of hydrogen-bond donors (Lipinski definition) is 0. The highest BCUT2D eigenvalue weighted by atomic mass is 16.5. The van der Waals surface area contributed by atoms with E-state index in [0.29, 0.717) is 36.3 Å². The van der Waals surface area contributed by atoms with E-state index in [9.17, 15) is 4.79 Å². The number of benzene rings is 2. The van der Waals surface area contributed by atoms with Gasteiger partial charge in [-0.1, -0.05) is 65.8 Å². The summed E-state index contributed by atoms with van der Waals surface area (Å²) < 4.78 is 7.14. The minimum absolute atomic E-state index is 0.0123. The summed E-state index contributed by atoms with van der Waals surface area (Å²) in [4.78, 5) is 39.7. The van der Waals surface area contributed by atoms with Crippen LogP contribution in [0.5, 0.6) is 0 Å². The smallest absolute Gasteiger partial charge is 0.250 e. The number of rotatable bonds is 1. The molecule has 7 fully saturated rings. The molecule has 0 radical (unpaired) electrons. The number of ether oxygens (including phenoxy) is 1. The number of anilines is 2. The predicted octanol–water partition coefficient (Wildman–Crippen LogP) is 4.58. The molecule has 4 bridgehead atoms. The fourth-order valence-electron chi connectivity index (χ4n) is 15.2. The summed E-state index contributed by atoms with van der Waals surface area (Å²) in [6.07, 6.45) is 13.0. The van der Waals surface area contributed by atoms with E-state index >= 15 is 4.79 Å². The lowest BCUT2D eigenvalue weighted by atomic mass is 9.52. The van der Waals surface area contributed by atoms with Crippen LogP contribution in [-0.2, 0) is 25.2 Å². The highest BCUT2D eigenvalue weighted by Crippen LogP contribution is 2.70. The maximum absolute atomic E-state index is 15.8. The molecule has 2 amide bonds. The highest BCUT2D eigenvalue weighted by Gasteiger charge is 2.76. The van der Waals surface area contributed by atoms with Crippen molar-refractivity contribution in [1.29, 1.82) is 0 Å². The van der Waals surface area contributed by atoms with Crippen molar-refractivity contribution in [1.82, 2.24) is 9.80 Å². The third-order valence-corrected chi connectivity index (χ3v) is 16.4. The van der Waals surface area contributed by atoms with E-state index in [1.165, 1.54) is 28.8 Å². The number of piperidine rings is 3. The molecule has 2 spiro atoms. The zero-order valence-corrected chi connectivity index (χ0v) is 27.9. The molecule has 248 valence electrons. The highest BCUT2D eigenvalue weighted by molar-refractivity contribution is 6.06. The summed E-state index contributed by atoms with van der Waals surface area (Å²) >= 11 is 0. The lowest BCUT2D eigenvalue weighted by Crippen LogP contribution is -2.73. The predicted molar refractivity (Wildman–Crippen MR) is 185 cm³/mol. The number of hydrogen-bond acceptors (Lipinski definition) is 5. The third-order valence-electron chi connectivity index (χ3n) is 16.4. The van der Waals surface area contributed by atoms with Gasteiger partial charge in [0.15, 0.2) is 0 Å². The molecule has 7 heteroatoms. The first kappa shape index (κ1) is 27.2. The average Bonchev–Trinajstić information content (AvgIpc) is 3.82. The molecule has 2 saturated carbocycles. The Labute approximate surface area is 287 Å². The number of amides is 2. The summed E-state index contributed by atoms with van der Waals surface area (Å²) in [6, 6.07) is 18.8. The molecule has 13 unspecified atom stereocenters. The Morgan fingerprint density at radius 2 is 1.65 bits per heavy atom. The molecule has 49 heavy (non-hydrogen) atoms. The molecule has 2 aromatic carbocycles. The van der Waals surface area contributed by atoms with Crippen molar-refractivity contribution in [2.45, 2.75) is 79.8 Å². The topological polar surface area (TPSA) is 56.3 Å². The van der Waals surface area contributed by atoms with Gasteiger partial charge in [0.25, 0.3) is 5.91 Å². The van der Waals surface area contributed by atoms with Crippen LogP contribution < -0.4 is 9.80 Å². The van der Waals surface area contributed by atoms with Crippen LogP contribution in [0.1, 0.15) is 43.7 Å². The van der Waals surface area contributed by atoms with Crippen LogP contribution >= 0.6 is 0 Å². The molecule has 0 aromatic heterocycles. The first-order chi connectivity index (χ1) is 24.1. The Morgan fingerprint density at radius 3 is 2.49 bits per heavy atom. The van der Waals surface area contributed by atoms with Crippen LogP contribution in [0.4, 0.5) is 11.4 Å². The molecule has 11 aliphatic rings. The molecule has 13 atom stereocenters. The monoisotopic (exact) mass is 650 g/mol. The first-order valence-electron chi connectivity index (χ1n) is 19.0. The minimum atomic E-state index is -0.252. The van der Waals surface area contributed by atoms with E-state index < -0.39 is 0 Å². The minimum Gasteiger partial charge on any atom is -0.373 e. The van der Waals surface area contributed by atoms with E-state index in [4.69, 9.17) is 4.74 Å². The van der Waals surface area contributed by atoms with Gasteiger partial charge in [-0.2, -0.15) is 0 Å². The molecule has 2 aromatic rings. The third kappa shape index (κ3) is 2.76. The van der Waals surface area contributed by atoms with Crippen LogP contribution in [0, 0.1) is 29.6 Å². The number of carbonyl (C=O) groups excluding carboxylic acids is 2. The molecule has 9 heterocycles. The fraction of sp³-hybridized carbons (Fsp3) is 0.524. The number of carbonyl (C=O) groups is 2. The van der Waals surface area contributed by atoms with Gasteiger partial charge in [0.2, 0.25) is 5.91 Å². The van der Waals surface area contributed by atoms with Crippen LogP contribution in [0.2, 0.25) is 0 Å². The maximum Gasteiger partial charge on any atom is 0.250 e. The largest absolute Gasteiger partial charge is 0.373 e. The number of para-hydroxylation sites is 2. The van der Waals surface area contributed by atoms with E-state index in [0.717, 1.165) is 44.6 Å². The van der Waals surface area contributed by atoms with Crippen molar-refractivity contribution in [3.05, 3.63) is 95.1 Å². The molecule has 5 saturated heterocycles. The normalized spacial score (nSPS) is 48.1. The second kappa shape index (κ2) is 8.67. The quantitative estimate of drug-likeness (QED) is 0.424. The van der Waals surface area contributed by atoms with E-state index in [-0.39, 0.29) is 58.8 Å². The summed E-state index contributed by atoms with van der Waals surface area (Å²) in [7, 11) is 0. The summed E-state index contributed by atoms with van der Waals surface area (Å²) in [5.74, 6) is 1.61. The fourth-order valence-corrected chi connectivity index (χ4v) is 15.2. The lowest BCUT2D eigenvalue weighted by molar-refractivity contribution is -0.149. The van der Waals surface area contributed by atoms with Gasteiger partial charge in [0.1, 0.15) is 0 Å². The Morgan fingerprint density at radius 1 is 0.878 bits per heavy atom. The Kier molecular flexibility index (Phi) is 4.82. The summed E-state index contributed by atoms with van der Waals surface area (Å²) in [5, 5.41) is 0. The van der Waals surface area contributed by atoms with Crippen molar-refractivity contribution < 1.29 is 14.3 Å². The van der Waals surface area contributed by atoms with Crippen molar-refractivity contribution in [2.24, 2.45) is 29.6 Å². The van der Waals surface area contributed by atoms with Crippen LogP contribution in [0.25, 0.3) is 0 Å². The number of fused-ring (bicyclic) bond motifs is 6. The van der Waals surface area contributed by atoms with Gasteiger partial charge in [-0.3, -0.25) is 19.4 Å². The van der Waals surface area contributed by atoms with E-state index in [2.05, 4.69) is 93.3 Å². The van der Waals surface area contributed by atoms with Gasteiger partial charge in [-0.05, 0) is 80.3 Å². The van der Waals surface area contributed by atoms with E-state index in [1.807, 2.05) is 6.08 Å². The van der Waals surface area contributed by atoms with Gasteiger partial charge in [-0.15, -0.1) is 0 Å². The Bertz CT molecular complexity index is 2020. The summed E-state index contributed by atoms with van der Waals surface area (Å²) in [6.45, 7) is 5.88. The Hall–Kier alpha value is -3.52. The second-order valence-corrected chi connectivity index (χ2v) is 17.3. The SMILES string of the molecule is CC=C1CN2C(C3C(=O)N4c5ccccc5C56CCN7CC8=CCOC3C(C8CC75)C46)CC34c5ccccc5N5C(=O)C=CC(C1CC23)C54. The number of nitrogens with zero attached hydrogens (tertiary/aromatic N) is 4. The van der Waals surface area contributed by atoms with Crippen molar-refractivity contribution in [2.75, 3.05) is 36.0 Å². The molecule has 7 nitrogen and oxygen atoms in total. The van der Waals surface area contributed by atoms with Gasteiger partial charge >= 0.3 is 0 Å². The first-order valence-corrected chi connectivity index (χ1v) is 19.0. The number of allylic oxidation sites excluding steroid dienone is 1. The zero-order chi connectivity index (χ0) is 32.1. The van der Waals surface area contributed by atoms with Crippen molar-refractivity contribution >= 4 is 23.2 Å².